The summed E-state index contributed by atoms with van der Waals surface area (Å²) in [5.74, 6) is 1.51. The monoisotopic (exact) mass is 345 g/mol. The summed E-state index contributed by atoms with van der Waals surface area (Å²) in [6, 6.07) is 6.78. The lowest BCUT2D eigenvalue weighted by Gasteiger charge is -2.25. The standard InChI is InChI=1S/C19H24ClN3O/c20-15-9-12(3-4-18(15)22-7-1-2-8-22)19(24)23-16-5-6-17(23)14-11-21-10-13(14)16/h3-4,9,13-14,16-17,21H,1-2,5-8,10-11H2/t13-,14+,16-,17+. The van der Waals surface area contributed by atoms with E-state index in [0.717, 1.165) is 42.5 Å². The predicted octanol–water partition coefficient (Wildman–Crippen LogP) is 2.76. The molecule has 1 N–H and O–H groups in total. The van der Waals surface area contributed by atoms with Crippen LogP contribution in [0, 0.1) is 11.8 Å². The number of benzene rings is 1. The van der Waals surface area contributed by atoms with Gasteiger partial charge in [-0.05, 0) is 55.7 Å². The van der Waals surface area contributed by atoms with Crippen molar-refractivity contribution in [3.63, 3.8) is 0 Å². The van der Waals surface area contributed by atoms with E-state index in [2.05, 4.69) is 15.1 Å². The molecular weight excluding hydrogens is 322 g/mol. The number of anilines is 1. The van der Waals surface area contributed by atoms with Crippen LogP contribution in [0.4, 0.5) is 5.69 Å². The van der Waals surface area contributed by atoms with Crippen LogP contribution in [0.15, 0.2) is 18.2 Å². The normalized spacial score (nSPS) is 34.2. The van der Waals surface area contributed by atoms with Crippen LogP contribution in [-0.2, 0) is 0 Å². The van der Waals surface area contributed by atoms with E-state index >= 15 is 0 Å². The quantitative estimate of drug-likeness (QED) is 0.895. The topological polar surface area (TPSA) is 35.6 Å². The van der Waals surface area contributed by atoms with Crippen molar-refractivity contribution in [1.29, 1.82) is 0 Å². The van der Waals surface area contributed by atoms with E-state index in [4.69, 9.17) is 11.6 Å². The molecule has 0 aromatic heterocycles. The highest BCUT2D eigenvalue weighted by molar-refractivity contribution is 6.33. The molecular formula is C19H24ClN3O. The molecule has 1 amide bonds. The molecule has 1 aromatic carbocycles. The molecule has 1 aromatic rings. The Morgan fingerprint density at radius 2 is 1.75 bits per heavy atom. The Labute approximate surface area is 148 Å². The Balaban J connectivity index is 1.40. The van der Waals surface area contributed by atoms with Gasteiger partial charge in [0, 0.05) is 43.8 Å². The van der Waals surface area contributed by atoms with Crippen LogP contribution in [0.3, 0.4) is 0 Å². The zero-order valence-corrected chi connectivity index (χ0v) is 14.6. The Hall–Kier alpha value is -1.26. The van der Waals surface area contributed by atoms with Crippen LogP contribution in [0.5, 0.6) is 0 Å². The maximum atomic E-state index is 13.2. The van der Waals surface area contributed by atoms with Crippen LogP contribution >= 0.6 is 11.6 Å². The van der Waals surface area contributed by atoms with Crippen LogP contribution in [0.1, 0.15) is 36.0 Å². The molecule has 4 aliphatic rings. The highest BCUT2D eigenvalue weighted by Gasteiger charge is 2.56. The first kappa shape index (κ1) is 15.0. The van der Waals surface area contributed by atoms with Gasteiger partial charge in [-0.3, -0.25) is 4.79 Å². The lowest BCUT2D eigenvalue weighted by atomic mass is 9.82. The van der Waals surface area contributed by atoms with Gasteiger partial charge in [-0.15, -0.1) is 0 Å². The minimum Gasteiger partial charge on any atom is -0.370 e. The summed E-state index contributed by atoms with van der Waals surface area (Å²) in [6.45, 7) is 4.29. The third kappa shape index (κ3) is 2.12. The number of fused-ring (bicyclic) bond motifs is 5. The number of hydrogen-bond acceptors (Lipinski definition) is 3. The molecule has 2 bridgehead atoms. The second-order valence-electron chi connectivity index (χ2n) is 7.77. The zero-order valence-electron chi connectivity index (χ0n) is 13.9. The third-order valence-electron chi connectivity index (χ3n) is 6.65. The van der Waals surface area contributed by atoms with Gasteiger partial charge < -0.3 is 15.1 Å². The van der Waals surface area contributed by atoms with Gasteiger partial charge in [0.1, 0.15) is 0 Å². The van der Waals surface area contributed by atoms with E-state index in [1.54, 1.807) is 0 Å². The number of halogens is 1. The smallest absolute Gasteiger partial charge is 0.254 e. The molecule has 4 aliphatic heterocycles. The average molecular weight is 346 g/mol. The molecule has 128 valence electrons. The van der Waals surface area contributed by atoms with Crippen LogP contribution in [-0.4, -0.2) is 49.1 Å². The van der Waals surface area contributed by atoms with E-state index in [0.29, 0.717) is 23.9 Å². The first-order chi connectivity index (χ1) is 11.7. The molecule has 4 nitrogen and oxygen atoms in total. The first-order valence-corrected chi connectivity index (χ1v) is 9.70. The van der Waals surface area contributed by atoms with Crippen molar-refractivity contribution in [1.82, 2.24) is 10.2 Å². The maximum Gasteiger partial charge on any atom is 0.254 e. The third-order valence-corrected chi connectivity index (χ3v) is 6.95. The van der Waals surface area contributed by atoms with E-state index in [1.165, 1.54) is 25.7 Å². The lowest BCUT2D eigenvalue weighted by molar-refractivity contribution is 0.0709. The molecule has 4 fully saturated rings. The van der Waals surface area contributed by atoms with Crippen molar-refractivity contribution < 1.29 is 4.79 Å². The van der Waals surface area contributed by atoms with Crippen molar-refractivity contribution in [2.75, 3.05) is 31.1 Å². The van der Waals surface area contributed by atoms with Crippen LogP contribution in [0.25, 0.3) is 0 Å². The van der Waals surface area contributed by atoms with Gasteiger partial charge in [0.2, 0.25) is 0 Å². The summed E-state index contributed by atoms with van der Waals surface area (Å²) < 4.78 is 0. The number of nitrogens with one attached hydrogen (secondary N) is 1. The number of carbonyl (C=O) groups excluding carboxylic acids is 1. The number of hydrogen-bond donors (Lipinski definition) is 1. The fourth-order valence-corrected chi connectivity index (χ4v) is 5.87. The van der Waals surface area contributed by atoms with E-state index in [-0.39, 0.29) is 5.91 Å². The highest BCUT2D eigenvalue weighted by atomic mass is 35.5. The lowest BCUT2D eigenvalue weighted by Crippen LogP contribution is -2.39. The Morgan fingerprint density at radius 1 is 1.08 bits per heavy atom. The first-order valence-electron chi connectivity index (χ1n) is 9.32. The minimum atomic E-state index is 0.187. The molecule has 0 spiro atoms. The van der Waals surface area contributed by atoms with E-state index < -0.39 is 0 Å². The second-order valence-corrected chi connectivity index (χ2v) is 8.18. The van der Waals surface area contributed by atoms with Crippen molar-refractivity contribution in [3.8, 4) is 0 Å². The van der Waals surface area contributed by atoms with Gasteiger partial charge in [0.15, 0.2) is 0 Å². The molecule has 24 heavy (non-hydrogen) atoms. The summed E-state index contributed by atoms with van der Waals surface area (Å²) in [7, 11) is 0. The average Bonchev–Trinajstić information content (AvgIpc) is 3.34. The zero-order chi connectivity index (χ0) is 16.3. The molecule has 0 unspecified atom stereocenters. The van der Waals surface area contributed by atoms with Gasteiger partial charge in [-0.1, -0.05) is 11.6 Å². The van der Waals surface area contributed by atoms with Crippen molar-refractivity contribution in [2.45, 2.75) is 37.8 Å². The largest absolute Gasteiger partial charge is 0.370 e. The van der Waals surface area contributed by atoms with E-state index in [9.17, 15) is 4.79 Å². The van der Waals surface area contributed by atoms with Gasteiger partial charge in [0.25, 0.3) is 5.91 Å². The SMILES string of the molecule is O=C(c1ccc(N2CCCC2)c(Cl)c1)N1[C@@H]2CC[C@H]1[C@H]1CNC[C@H]12. The summed E-state index contributed by atoms with van der Waals surface area (Å²) in [5, 5.41) is 4.23. The summed E-state index contributed by atoms with van der Waals surface area (Å²) in [4.78, 5) is 17.7. The van der Waals surface area contributed by atoms with Crippen LogP contribution < -0.4 is 10.2 Å². The Morgan fingerprint density at radius 3 is 2.38 bits per heavy atom. The van der Waals surface area contributed by atoms with Gasteiger partial charge in [-0.25, -0.2) is 0 Å². The second kappa shape index (κ2) is 5.63. The molecule has 4 atom stereocenters. The fraction of sp³-hybridized carbons (Fsp3) is 0.632. The van der Waals surface area contributed by atoms with Crippen LogP contribution in [0.2, 0.25) is 5.02 Å². The number of nitrogens with zero attached hydrogens (tertiary/aromatic N) is 2. The molecule has 5 rings (SSSR count). The van der Waals surface area contributed by atoms with Gasteiger partial charge in [0.05, 0.1) is 10.7 Å². The summed E-state index contributed by atoms with van der Waals surface area (Å²) >= 11 is 6.52. The van der Waals surface area contributed by atoms with Crippen molar-refractivity contribution >= 4 is 23.2 Å². The summed E-state index contributed by atoms with van der Waals surface area (Å²) in [6.07, 6.45) is 4.79. The number of carbonyl (C=O) groups is 1. The fourth-order valence-electron chi connectivity index (χ4n) is 5.57. The van der Waals surface area contributed by atoms with Crippen molar-refractivity contribution in [2.24, 2.45) is 11.8 Å². The Bertz CT molecular complexity index is 655. The van der Waals surface area contributed by atoms with Gasteiger partial charge in [-0.2, -0.15) is 0 Å². The predicted molar refractivity (Wildman–Crippen MR) is 95.7 cm³/mol. The molecule has 0 aliphatic carbocycles. The summed E-state index contributed by atoms with van der Waals surface area (Å²) in [5.41, 5.74) is 1.84. The molecule has 0 radical (unpaired) electrons. The molecule has 4 heterocycles. The van der Waals surface area contributed by atoms with Gasteiger partial charge >= 0.3 is 0 Å². The maximum absolute atomic E-state index is 13.2. The number of rotatable bonds is 2. The van der Waals surface area contributed by atoms with Crippen molar-refractivity contribution in [3.05, 3.63) is 28.8 Å². The van der Waals surface area contributed by atoms with E-state index in [1.807, 2.05) is 18.2 Å². The molecule has 5 heteroatoms. The number of amides is 1. The molecule has 0 saturated carbocycles. The minimum absolute atomic E-state index is 0.187. The molecule has 4 saturated heterocycles. The highest BCUT2D eigenvalue weighted by Crippen LogP contribution is 2.48. The Kier molecular flexibility index (Phi) is 3.53.